The summed E-state index contributed by atoms with van der Waals surface area (Å²) in [5.74, 6) is 0.0726. The fraction of sp³-hybridized carbons (Fsp3) is 0.765. The predicted octanol–water partition coefficient (Wildman–Crippen LogP) is 0.330. The predicted molar refractivity (Wildman–Crippen MR) is 90.4 cm³/mol. The second-order valence-corrected chi connectivity index (χ2v) is 8.87. The minimum atomic E-state index is -4.48. The van der Waals surface area contributed by atoms with Crippen LogP contribution in [0.2, 0.25) is 0 Å². The van der Waals surface area contributed by atoms with Crippen molar-refractivity contribution in [1.82, 2.24) is 30.1 Å². The van der Waals surface area contributed by atoms with E-state index in [1.54, 1.807) is 9.80 Å². The molecule has 1 aromatic rings. The van der Waals surface area contributed by atoms with Gasteiger partial charge in [0.05, 0.1) is 24.9 Å². The monoisotopic (exact) mass is 414 g/mol. The van der Waals surface area contributed by atoms with Crippen LogP contribution in [-0.4, -0.2) is 81.7 Å². The van der Waals surface area contributed by atoms with Crippen molar-refractivity contribution >= 4 is 11.9 Å². The first kappa shape index (κ1) is 18.6. The lowest BCUT2D eigenvalue weighted by Crippen LogP contribution is -2.78. The van der Waals surface area contributed by atoms with Crippen molar-refractivity contribution in [3.63, 3.8) is 0 Å². The zero-order valence-electron chi connectivity index (χ0n) is 15.6. The molecule has 1 saturated carbocycles. The molecule has 4 fully saturated rings. The third kappa shape index (κ3) is 3.22. The van der Waals surface area contributed by atoms with E-state index in [0.717, 1.165) is 23.8 Å². The number of carbonyl (C=O) groups excluding carboxylic acids is 2. The van der Waals surface area contributed by atoms with Gasteiger partial charge in [0.1, 0.15) is 6.61 Å². The second-order valence-electron chi connectivity index (χ2n) is 8.87. The summed E-state index contributed by atoms with van der Waals surface area (Å²) < 4.78 is 43.0. The number of rotatable bonds is 2. The summed E-state index contributed by atoms with van der Waals surface area (Å²) in [4.78, 5) is 28.7. The molecule has 1 N–H and O–H groups in total. The number of ether oxygens (including phenoxy) is 1. The first-order valence-electron chi connectivity index (χ1n) is 9.55. The number of halogens is 3. The minimum absolute atomic E-state index is 0.0342. The number of hydrogen-bond donors (Lipinski definition) is 1. The molecule has 1 aliphatic carbocycles. The van der Waals surface area contributed by atoms with Gasteiger partial charge in [-0.05, 0) is 18.8 Å². The summed E-state index contributed by atoms with van der Waals surface area (Å²) in [6.45, 7) is 3.08. The van der Waals surface area contributed by atoms with Crippen LogP contribution in [0, 0.1) is 11.3 Å². The number of nitrogens with zero attached hydrogens (tertiary/aromatic N) is 5. The molecule has 3 saturated heterocycles. The molecule has 1 aromatic heterocycles. The maximum atomic E-state index is 12.6. The van der Waals surface area contributed by atoms with Gasteiger partial charge in [0.2, 0.25) is 5.91 Å². The highest BCUT2D eigenvalue weighted by molar-refractivity contribution is 5.81. The quantitative estimate of drug-likeness (QED) is 0.753. The molecule has 0 radical (unpaired) electrons. The Balaban J connectivity index is 1.06. The summed E-state index contributed by atoms with van der Waals surface area (Å²) in [6.07, 6.45) is -2.02. The van der Waals surface area contributed by atoms with E-state index in [1.807, 2.05) is 0 Å². The maximum Gasteiger partial charge on any atom is 0.436 e. The van der Waals surface area contributed by atoms with Crippen molar-refractivity contribution in [2.24, 2.45) is 11.3 Å². The molecule has 0 unspecified atom stereocenters. The van der Waals surface area contributed by atoms with Crippen LogP contribution in [0.25, 0.3) is 0 Å². The number of amides is 3. The average Bonchev–Trinajstić information content (AvgIpc) is 3.02. The number of morpholine rings is 1. The Bertz CT molecular complexity index is 836. The van der Waals surface area contributed by atoms with Crippen molar-refractivity contribution in [3.8, 4) is 0 Å². The van der Waals surface area contributed by atoms with E-state index in [2.05, 4.69) is 15.5 Å². The molecule has 0 atom stereocenters. The van der Waals surface area contributed by atoms with Gasteiger partial charge in [-0.15, -0.1) is 5.10 Å². The zero-order valence-corrected chi connectivity index (χ0v) is 15.6. The fourth-order valence-electron chi connectivity index (χ4n) is 5.09. The molecule has 158 valence electrons. The lowest BCUT2D eigenvalue weighted by molar-refractivity contribution is -0.143. The van der Waals surface area contributed by atoms with Crippen molar-refractivity contribution in [3.05, 3.63) is 11.9 Å². The Morgan fingerprint density at radius 2 is 1.93 bits per heavy atom. The molecule has 4 heterocycles. The van der Waals surface area contributed by atoms with Gasteiger partial charge < -0.3 is 19.9 Å². The Morgan fingerprint density at radius 3 is 2.55 bits per heavy atom. The highest BCUT2D eigenvalue weighted by atomic mass is 19.4. The number of carbonyl (C=O) groups is 2. The van der Waals surface area contributed by atoms with Gasteiger partial charge >= 0.3 is 12.2 Å². The van der Waals surface area contributed by atoms with Crippen LogP contribution >= 0.6 is 0 Å². The van der Waals surface area contributed by atoms with E-state index < -0.39 is 17.4 Å². The van der Waals surface area contributed by atoms with Gasteiger partial charge in [-0.2, -0.15) is 23.1 Å². The van der Waals surface area contributed by atoms with Crippen LogP contribution in [0.3, 0.4) is 0 Å². The zero-order chi connectivity index (χ0) is 20.4. The Morgan fingerprint density at radius 1 is 1.24 bits per heavy atom. The van der Waals surface area contributed by atoms with E-state index in [1.165, 1.54) is 0 Å². The number of urea groups is 1. The van der Waals surface area contributed by atoms with Crippen molar-refractivity contribution < 1.29 is 27.5 Å². The SMILES string of the molecule is O=C1COCC2(CN(C(=O)N3CC4(CC(Cn5ncc(C(F)(F)F)n5)C4)C3)C2)N1. The molecule has 2 spiro atoms. The van der Waals surface area contributed by atoms with Crippen LogP contribution in [0.5, 0.6) is 0 Å². The first-order valence-corrected chi connectivity index (χ1v) is 9.55. The lowest BCUT2D eigenvalue weighted by atomic mass is 9.58. The van der Waals surface area contributed by atoms with E-state index in [-0.39, 0.29) is 29.9 Å². The van der Waals surface area contributed by atoms with Crippen molar-refractivity contribution in [1.29, 1.82) is 0 Å². The largest absolute Gasteiger partial charge is 0.436 e. The first-order chi connectivity index (χ1) is 13.7. The molecular formula is C17H21F3N6O3. The van der Waals surface area contributed by atoms with Crippen LogP contribution in [-0.2, 0) is 22.3 Å². The van der Waals surface area contributed by atoms with Crippen LogP contribution in [0.15, 0.2) is 6.20 Å². The molecule has 0 aromatic carbocycles. The van der Waals surface area contributed by atoms with Gasteiger partial charge in [-0.25, -0.2) is 4.79 Å². The Labute approximate surface area is 164 Å². The maximum absolute atomic E-state index is 12.6. The molecule has 0 bridgehead atoms. The van der Waals surface area contributed by atoms with Crippen LogP contribution in [0.1, 0.15) is 18.5 Å². The highest BCUT2D eigenvalue weighted by Gasteiger charge is 2.56. The van der Waals surface area contributed by atoms with Gasteiger partial charge in [0, 0.05) is 31.6 Å². The van der Waals surface area contributed by atoms with Crippen molar-refractivity contribution in [2.45, 2.75) is 31.1 Å². The molecule has 5 rings (SSSR count). The topological polar surface area (TPSA) is 92.6 Å². The second kappa shape index (κ2) is 6.07. The van der Waals surface area contributed by atoms with Gasteiger partial charge in [0.15, 0.2) is 5.69 Å². The number of nitrogens with one attached hydrogen (secondary N) is 1. The molecule has 3 aliphatic heterocycles. The normalized spacial score (nSPS) is 25.4. The Kier molecular flexibility index (Phi) is 3.90. The molecular weight excluding hydrogens is 393 g/mol. The Hall–Kier alpha value is -2.37. The average molecular weight is 414 g/mol. The number of alkyl halides is 3. The number of hydrogen-bond acceptors (Lipinski definition) is 5. The molecule has 29 heavy (non-hydrogen) atoms. The van der Waals surface area contributed by atoms with E-state index in [0.29, 0.717) is 39.3 Å². The molecule has 9 nitrogen and oxygen atoms in total. The minimum Gasteiger partial charge on any atom is -0.369 e. The third-order valence-electron chi connectivity index (χ3n) is 6.29. The van der Waals surface area contributed by atoms with Crippen LogP contribution < -0.4 is 5.32 Å². The summed E-state index contributed by atoms with van der Waals surface area (Å²) >= 11 is 0. The highest BCUT2D eigenvalue weighted by Crippen LogP contribution is 2.52. The third-order valence-corrected chi connectivity index (χ3v) is 6.29. The van der Waals surface area contributed by atoms with Crippen molar-refractivity contribution in [2.75, 3.05) is 39.4 Å². The molecule has 12 heteroatoms. The standard InChI is InChI=1S/C17H21F3N6O3/c18-17(19,20)12-3-21-26(23-12)4-11-1-15(2-11)6-24(7-15)14(28)25-8-16(9-25)10-29-5-13(27)22-16/h3,11H,1-2,4-10H2,(H,22,27). The van der Waals surface area contributed by atoms with Gasteiger partial charge in [-0.3, -0.25) is 4.79 Å². The van der Waals surface area contributed by atoms with E-state index in [4.69, 9.17) is 4.74 Å². The molecule has 4 aliphatic rings. The van der Waals surface area contributed by atoms with E-state index in [9.17, 15) is 22.8 Å². The number of aromatic nitrogens is 3. The summed E-state index contributed by atoms with van der Waals surface area (Å²) in [5.41, 5.74) is -1.34. The number of likely N-dealkylation sites (tertiary alicyclic amines) is 2. The van der Waals surface area contributed by atoms with E-state index >= 15 is 0 Å². The summed E-state index contributed by atoms with van der Waals surface area (Å²) in [5, 5.41) is 10.1. The fourth-order valence-corrected chi connectivity index (χ4v) is 5.09. The smallest absolute Gasteiger partial charge is 0.369 e. The van der Waals surface area contributed by atoms with Crippen LogP contribution in [0.4, 0.5) is 18.0 Å². The lowest BCUT2D eigenvalue weighted by Gasteiger charge is -2.61. The summed E-state index contributed by atoms with van der Waals surface area (Å²) in [7, 11) is 0. The summed E-state index contributed by atoms with van der Waals surface area (Å²) in [6, 6.07) is -0.0342. The molecule has 3 amide bonds. The van der Waals surface area contributed by atoms with Gasteiger partial charge in [0.25, 0.3) is 0 Å². The van der Waals surface area contributed by atoms with Gasteiger partial charge in [-0.1, -0.05) is 0 Å².